The monoisotopic (exact) mass is 423 g/mol. The summed E-state index contributed by atoms with van der Waals surface area (Å²) in [7, 11) is -7.20. The maximum absolute atomic E-state index is 12.9. The highest BCUT2D eigenvalue weighted by molar-refractivity contribution is 7.90. The summed E-state index contributed by atoms with van der Waals surface area (Å²) in [5.74, 6) is 1.49. The van der Waals surface area contributed by atoms with Crippen molar-refractivity contribution in [3.8, 4) is 11.5 Å². The summed E-state index contributed by atoms with van der Waals surface area (Å²) >= 11 is 0. The Bertz CT molecular complexity index is 1090. The molecule has 0 unspecified atom stereocenters. The zero-order chi connectivity index (χ0) is 19.9. The van der Waals surface area contributed by atoms with E-state index in [1.807, 2.05) is 12.1 Å². The number of hydrogen-bond donors (Lipinski definition) is 1. The third-order valence-corrected chi connectivity index (χ3v) is 7.45. The molecule has 2 aliphatic rings. The molecule has 2 aromatic rings. The van der Waals surface area contributed by atoms with Gasteiger partial charge in [-0.05, 0) is 60.7 Å². The van der Waals surface area contributed by atoms with E-state index in [0.29, 0.717) is 24.7 Å². The van der Waals surface area contributed by atoms with Crippen LogP contribution < -0.4 is 14.2 Å². The van der Waals surface area contributed by atoms with Crippen molar-refractivity contribution in [2.24, 2.45) is 5.92 Å². The largest absolute Gasteiger partial charge is 0.486 e. The first-order valence-corrected chi connectivity index (χ1v) is 12.3. The quantitative estimate of drug-likeness (QED) is 0.765. The van der Waals surface area contributed by atoms with Gasteiger partial charge < -0.3 is 9.47 Å². The average Bonchev–Trinajstić information content (AvgIpc) is 3.50. The van der Waals surface area contributed by atoms with E-state index in [4.69, 9.17) is 9.47 Å². The summed E-state index contributed by atoms with van der Waals surface area (Å²) in [6.45, 7) is 0.956. The molecule has 1 heterocycles. The Morgan fingerprint density at radius 3 is 2.11 bits per heavy atom. The number of ether oxygens (including phenoxy) is 2. The van der Waals surface area contributed by atoms with Gasteiger partial charge in [-0.1, -0.05) is 6.07 Å². The number of hydrogen-bond acceptors (Lipinski definition) is 6. The van der Waals surface area contributed by atoms with Crippen LogP contribution in [0.3, 0.4) is 0 Å². The number of rotatable bonds is 6. The van der Waals surface area contributed by atoms with Gasteiger partial charge in [0.15, 0.2) is 21.3 Å². The zero-order valence-corrected chi connectivity index (χ0v) is 16.9. The normalized spacial score (nSPS) is 17.9. The second-order valence-corrected chi connectivity index (χ2v) is 10.8. The molecule has 1 N–H and O–H groups in total. The van der Waals surface area contributed by atoms with Gasteiger partial charge in [0.05, 0.1) is 9.79 Å². The SMILES string of the molecule is CS(=O)(=O)c1ccc(S(=O)(=O)N[C@@H](c2ccc3c(c2)OCCO3)C2CC2)cc1. The van der Waals surface area contributed by atoms with Gasteiger partial charge in [-0.25, -0.2) is 21.6 Å². The molecule has 0 spiro atoms. The summed E-state index contributed by atoms with van der Waals surface area (Å²) in [5, 5.41) is 0. The Labute approximate surface area is 164 Å². The fourth-order valence-corrected chi connectivity index (χ4v) is 5.14. The van der Waals surface area contributed by atoms with Crippen molar-refractivity contribution in [2.45, 2.75) is 28.7 Å². The van der Waals surface area contributed by atoms with Gasteiger partial charge in [0.1, 0.15) is 13.2 Å². The molecule has 1 saturated carbocycles. The number of sulfone groups is 1. The van der Waals surface area contributed by atoms with Gasteiger partial charge in [0, 0.05) is 12.3 Å². The second-order valence-electron chi connectivity index (χ2n) is 7.08. The van der Waals surface area contributed by atoms with Crippen LogP contribution in [-0.4, -0.2) is 36.3 Å². The summed E-state index contributed by atoms with van der Waals surface area (Å²) in [6, 6.07) is 10.3. The molecule has 1 atom stereocenters. The Hall–Kier alpha value is -2.10. The molecule has 0 amide bonds. The van der Waals surface area contributed by atoms with Crippen LogP contribution in [0, 0.1) is 5.92 Å². The molecule has 4 rings (SSSR count). The highest BCUT2D eigenvalue weighted by atomic mass is 32.2. The van der Waals surface area contributed by atoms with E-state index in [2.05, 4.69) is 4.72 Å². The van der Waals surface area contributed by atoms with Crippen molar-refractivity contribution in [3.05, 3.63) is 48.0 Å². The van der Waals surface area contributed by atoms with E-state index >= 15 is 0 Å². The van der Waals surface area contributed by atoms with Crippen LogP contribution in [0.5, 0.6) is 11.5 Å². The summed E-state index contributed by atoms with van der Waals surface area (Å²) < 4.78 is 62.9. The van der Waals surface area contributed by atoms with Gasteiger partial charge in [-0.2, -0.15) is 0 Å². The minimum atomic E-state index is -3.81. The maximum Gasteiger partial charge on any atom is 0.241 e. The van der Waals surface area contributed by atoms with Gasteiger partial charge >= 0.3 is 0 Å². The summed E-state index contributed by atoms with van der Waals surface area (Å²) in [4.78, 5) is 0.111. The van der Waals surface area contributed by atoms with Crippen LogP contribution in [0.25, 0.3) is 0 Å². The van der Waals surface area contributed by atoms with Crippen molar-refractivity contribution in [1.82, 2.24) is 4.72 Å². The van der Waals surface area contributed by atoms with Crippen LogP contribution in [0.4, 0.5) is 0 Å². The number of fused-ring (bicyclic) bond motifs is 1. The molecule has 0 radical (unpaired) electrons. The first-order chi connectivity index (χ1) is 13.2. The first kappa shape index (κ1) is 19.2. The van der Waals surface area contributed by atoms with Crippen LogP contribution in [0.2, 0.25) is 0 Å². The third-order valence-electron chi connectivity index (χ3n) is 4.86. The zero-order valence-electron chi connectivity index (χ0n) is 15.3. The minimum absolute atomic E-state index is 0.0306. The predicted molar refractivity (Wildman–Crippen MR) is 103 cm³/mol. The van der Waals surface area contributed by atoms with E-state index in [9.17, 15) is 16.8 Å². The molecule has 1 fully saturated rings. The van der Waals surface area contributed by atoms with E-state index in [-0.39, 0.29) is 21.8 Å². The van der Waals surface area contributed by atoms with E-state index < -0.39 is 19.9 Å². The summed E-state index contributed by atoms with van der Waals surface area (Å²) in [6.07, 6.45) is 2.96. The van der Waals surface area contributed by atoms with Gasteiger partial charge in [-0.15, -0.1) is 0 Å². The van der Waals surface area contributed by atoms with Crippen LogP contribution >= 0.6 is 0 Å². The lowest BCUT2D eigenvalue weighted by molar-refractivity contribution is 0.171. The van der Waals surface area contributed by atoms with Gasteiger partial charge in [0.25, 0.3) is 0 Å². The molecular weight excluding hydrogens is 402 g/mol. The van der Waals surface area contributed by atoms with Crippen molar-refractivity contribution in [1.29, 1.82) is 0 Å². The van der Waals surface area contributed by atoms with Crippen molar-refractivity contribution < 1.29 is 26.3 Å². The second kappa shape index (κ2) is 7.06. The highest BCUT2D eigenvalue weighted by Gasteiger charge is 2.36. The highest BCUT2D eigenvalue weighted by Crippen LogP contribution is 2.44. The first-order valence-electron chi connectivity index (χ1n) is 8.96. The number of nitrogens with one attached hydrogen (secondary N) is 1. The molecule has 150 valence electrons. The van der Waals surface area contributed by atoms with Crippen LogP contribution in [-0.2, 0) is 19.9 Å². The average molecular weight is 424 g/mol. The molecule has 28 heavy (non-hydrogen) atoms. The molecule has 7 nitrogen and oxygen atoms in total. The van der Waals surface area contributed by atoms with E-state index in [0.717, 1.165) is 24.7 Å². The topological polar surface area (TPSA) is 98.8 Å². The maximum atomic E-state index is 12.9. The van der Waals surface area contributed by atoms with E-state index in [1.54, 1.807) is 6.07 Å². The molecule has 2 aromatic carbocycles. The van der Waals surface area contributed by atoms with Crippen molar-refractivity contribution >= 4 is 19.9 Å². The molecule has 9 heteroatoms. The molecule has 1 aliphatic carbocycles. The fourth-order valence-electron chi connectivity index (χ4n) is 3.22. The molecular formula is C19H21NO6S2. The molecule has 0 aromatic heterocycles. The standard InChI is InChI=1S/C19H21NO6S2/c1-27(21,22)15-5-7-16(8-6-15)28(23,24)20-19(13-2-3-13)14-4-9-17-18(12-14)26-11-10-25-17/h4-9,12-13,19-20H,2-3,10-11H2,1H3/t19-/m1/s1. The molecule has 0 saturated heterocycles. The Kier molecular flexibility index (Phi) is 4.84. The lowest BCUT2D eigenvalue weighted by Gasteiger charge is -2.23. The van der Waals surface area contributed by atoms with Crippen molar-refractivity contribution in [2.75, 3.05) is 19.5 Å². The molecule has 0 bridgehead atoms. The number of sulfonamides is 1. The summed E-state index contributed by atoms with van der Waals surface area (Å²) in [5.41, 5.74) is 0.822. The third kappa shape index (κ3) is 4.01. The van der Waals surface area contributed by atoms with Crippen molar-refractivity contribution in [3.63, 3.8) is 0 Å². The fraction of sp³-hybridized carbons (Fsp3) is 0.368. The Morgan fingerprint density at radius 2 is 1.50 bits per heavy atom. The Morgan fingerprint density at radius 1 is 0.893 bits per heavy atom. The van der Waals surface area contributed by atoms with Crippen LogP contribution in [0.15, 0.2) is 52.3 Å². The minimum Gasteiger partial charge on any atom is -0.486 e. The van der Waals surface area contributed by atoms with Crippen LogP contribution in [0.1, 0.15) is 24.4 Å². The lowest BCUT2D eigenvalue weighted by atomic mass is 10.0. The van der Waals surface area contributed by atoms with Gasteiger partial charge in [-0.3, -0.25) is 0 Å². The smallest absolute Gasteiger partial charge is 0.241 e. The van der Waals surface area contributed by atoms with E-state index in [1.165, 1.54) is 24.3 Å². The number of benzene rings is 2. The Balaban J connectivity index is 1.61. The predicted octanol–water partition coefficient (Wildman–Crippen LogP) is 2.29. The molecule has 1 aliphatic heterocycles. The van der Waals surface area contributed by atoms with Gasteiger partial charge in [0.2, 0.25) is 10.0 Å². The lowest BCUT2D eigenvalue weighted by Crippen LogP contribution is -2.30.